The van der Waals surface area contributed by atoms with Crippen molar-refractivity contribution in [3.63, 3.8) is 0 Å². The van der Waals surface area contributed by atoms with Gasteiger partial charge >= 0.3 is 0 Å². The number of rotatable bonds is 4. The third-order valence-electron chi connectivity index (χ3n) is 3.73. The zero-order valence-corrected chi connectivity index (χ0v) is 13.5. The van der Waals surface area contributed by atoms with E-state index in [2.05, 4.69) is 31.7 Å². The number of nitriles is 1. The highest BCUT2D eigenvalue weighted by Crippen LogP contribution is 2.19. The number of nitrogens with zero attached hydrogens (tertiary/aromatic N) is 6. The number of anilines is 2. The van der Waals surface area contributed by atoms with Crippen LogP contribution in [0.15, 0.2) is 54.7 Å². The third kappa shape index (κ3) is 3.06. The van der Waals surface area contributed by atoms with Gasteiger partial charge in [0.05, 0.1) is 24.4 Å². The van der Waals surface area contributed by atoms with Crippen LogP contribution in [-0.2, 0) is 6.42 Å². The second-order valence-electron chi connectivity index (χ2n) is 5.54. The molecule has 0 atom stereocenters. The predicted molar refractivity (Wildman–Crippen MR) is 93.5 cm³/mol. The fourth-order valence-corrected chi connectivity index (χ4v) is 2.51. The molecule has 0 amide bonds. The van der Waals surface area contributed by atoms with Crippen molar-refractivity contribution in [1.82, 2.24) is 25.0 Å². The van der Waals surface area contributed by atoms with Crippen molar-refractivity contribution in [3.8, 4) is 11.8 Å². The van der Waals surface area contributed by atoms with Gasteiger partial charge in [0, 0.05) is 5.69 Å². The summed E-state index contributed by atoms with van der Waals surface area (Å²) in [6.45, 7) is 0. The lowest BCUT2D eigenvalue weighted by molar-refractivity contribution is 0.628. The normalized spacial score (nSPS) is 10.6. The third-order valence-corrected chi connectivity index (χ3v) is 3.73. The number of benzene rings is 2. The Morgan fingerprint density at radius 3 is 2.81 bits per heavy atom. The first-order chi connectivity index (χ1) is 12.7. The lowest BCUT2D eigenvalue weighted by atomic mass is 10.1. The van der Waals surface area contributed by atoms with Gasteiger partial charge < -0.3 is 5.32 Å². The van der Waals surface area contributed by atoms with E-state index in [1.165, 1.54) is 12.1 Å². The van der Waals surface area contributed by atoms with Gasteiger partial charge in [-0.15, -0.1) is 5.10 Å². The van der Waals surface area contributed by atoms with Gasteiger partial charge in [-0.25, -0.2) is 9.37 Å². The van der Waals surface area contributed by atoms with Crippen LogP contribution in [0.3, 0.4) is 0 Å². The highest BCUT2D eigenvalue weighted by Gasteiger charge is 2.11. The Morgan fingerprint density at radius 2 is 2.00 bits per heavy atom. The predicted octanol–water partition coefficient (Wildman–Crippen LogP) is 3.16. The summed E-state index contributed by atoms with van der Waals surface area (Å²) in [6.07, 6.45) is 1.88. The van der Waals surface area contributed by atoms with Crippen LogP contribution >= 0.6 is 0 Å². The first kappa shape index (κ1) is 15.7. The van der Waals surface area contributed by atoms with Crippen molar-refractivity contribution < 1.29 is 4.39 Å². The zero-order valence-electron chi connectivity index (χ0n) is 13.5. The minimum atomic E-state index is -0.313. The van der Waals surface area contributed by atoms with Crippen LogP contribution < -0.4 is 5.32 Å². The molecule has 2 aromatic heterocycles. The minimum Gasteiger partial charge on any atom is -0.324 e. The first-order valence-electron chi connectivity index (χ1n) is 7.80. The second kappa shape index (κ2) is 6.57. The van der Waals surface area contributed by atoms with E-state index in [-0.39, 0.29) is 5.82 Å². The van der Waals surface area contributed by atoms with Crippen LogP contribution in [0.2, 0.25) is 0 Å². The fourth-order valence-electron chi connectivity index (χ4n) is 2.51. The lowest BCUT2D eigenvalue weighted by Crippen LogP contribution is -2.02. The maximum absolute atomic E-state index is 13.0. The molecule has 0 aliphatic heterocycles. The highest BCUT2D eigenvalue weighted by atomic mass is 19.1. The van der Waals surface area contributed by atoms with E-state index in [0.717, 1.165) is 11.3 Å². The molecule has 26 heavy (non-hydrogen) atoms. The largest absolute Gasteiger partial charge is 0.324 e. The zero-order chi connectivity index (χ0) is 17.9. The average molecular weight is 345 g/mol. The van der Waals surface area contributed by atoms with Crippen LogP contribution in [0.4, 0.5) is 16.0 Å². The Balaban J connectivity index is 1.72. The number of halogens is 1. The topological polar surface area (TPSA) is 92.3 Å². The smallest absolute Gasteiger partial charge is 0.229 e. The van der Waals surface area contributed by atoms with E-state index in [9.17, 15) is 4.39 Å². The van der Waals surface area contributed by atoms with E-state index >= 15 is 0 Å². The summed E-state index contributed by atoms with van der Waals surface area (Å²) in [5, 5.41) is 20.1. The molecule has 0 bridgehead atoms. The maximum atomic E-state index is 13.0. The average Bonchev–Trinajstić information content (AvgIpc) is 3.07. The van der Waals surface area contributed by atoms with E-state index in [1.54, 1.807) is 23.0 Å². The molecule has 0 saturated heterocycles. The summed E-state index contributed by atoms with van der Waals surface area (Å²) < 4.78 is 14.6. The van der Waals surface area contributed by atoms with Crippen molar-refractivity contribution in [2.24, 2.45) is 0 Å². The van der Waals surface area contributed by atoms with Crippen molar-refractivity contribution in [2.75, 3.05) is 5.32 Å². The fraction of sp³-hybridized carbons (Fsp3) is 0.0556. The van der Waals surface area contributed by atoms with Gasteiger partial charge in [-0.3, -0.25) is 0 Å². The summed E-state index contributed by atoms with van der Waals surface area (Å²) in [6, 6.07) is 15.5. The van der Waals surface area contributed by atoms with E-state index in [1.807, 2.05) is 24.3 Å². The SMILES string of the molecule is N#CCc1cccc(-n2nnc3cnc(Nc4ccc(F)cc4)nc32)c1. The quantitative estimate of drug-likeness (QED) is 0.611. The second-order valence-corrected chi connectivity index (χ2v) is 5.54. The Kier molecular flexibility index (Phi) is 3.95. The van der Waals surface area contributed by atoms with Gasteiger partial charge in [0.2, 0.25) is 5.95 Å². The molecule has 8 heteroatoms. The summed E-state index contributed by atoms with van der Waals surface area (Å²) in [5.41, 5.74) is 3.37. The Hall–Kier alpha value is -3.86. The van der Waals surface area contributed by atoms with Crippen LogP contribution in [0.1, 0.15) is 5.56 Å². The highest BCUT2D eigenvalue weighted by molar-refractivity contribution is 5.72. The summed E-state index contributed by atoms with van der Waals surface area (Å²) in [7, 11) is 0. The Labute approximate surface area is 147 Å². The van der Waals surface area contributed by atoms with E-state index in [0.29, 0.717) is 29.2 Å². The summed E-state index contributed by atoms with van der Waals surface area (Å²) in [4.78, 5) is 8.67. The molecule has 2 heterocycles. The minimum absolute atomic E-state index is 0.312. The molecule has 0 fully saturated rings. The summed E-state index contributed by atoms with van der Waals surface area (Å²) in [5.74, 6) is 0.0345. The van der Waals surface area contributed by atoms with Gasteiger partial charge in [0.1, 0.15) is 5.82 Å². The van der Waals surface area contributed by atoms with Gasteiger partial charge in [-0.1, -0.05) is 17.3 Å². The van der Waals surface area contributed by atoms with Crippen LogP contribution in [0, 0.1) is 17.1 Å². The maximum Gasteiger partial charge on any atom is 0.229 e. The van der Waals surface area contributed by atoms with Gasteiger partial charge in [-0.05, 0) is 42.0 Å². The monoisotopic (exact) mass is 345 g/mol. The standard InChI is InChI=1S/C18H12FN7/c19-13-4-6-14(7-5-13)22-18-21-11-16-17(23-18)26(25-24-16)15-3-1-2-12(10-15)8-9-20/h1-7,10-11H,8H2,(H,21,22,23). The molecular formula is C18H12FN7. The molecular weight excluding hydrogens is 333 g/mol. The van der Waals surface area contributed by atoms with Crippen molar-refractivity contribution in [2.45, 2.75) is 6.42 Å². The van der Waals surface area contributed by atoms with Crippen LogP contribution in [0.25, 0.3) is 16.9 Å². The molecule has 0 saturated carbocycles. The summed E-state index contributed by atoms with van der Waals surface area (Å²) >= 11 is 0. The molecule has 2 aromatic carbocycles. The number of hydrogen-bond donors (Lipinski definition) is 1. The number of fused-ring (bicyclic) bond motifs is 1. The van der Waals surface area contributed by atoms with Gasteiger partial charge in [0.15, 0.2) is 11.2 Å². The van der Waals surface area contributed by atoms with Gasteiger partial charge in [0.25, 0.3) is 0 Å². The van der Waals surface area contributed by atoms with Gasteiger partial charge in [-0.2, -0.15) is 14.9 Å². The molecule has 0 radical (unpaired) electrons. The lowest BCUT2D eigenvalue weighted by Gasteiger charge is -2.06. The molecule has 4 aromatic rings. The molecule has 0 aliphatic rings. The van der Waals surface area contributed by atoms with Crippen molar-refractivity contribution >= 4 is 22.8 Å². The molecule has 1 N–H and O–H groups in total. The molecule has 0 aliphatic carbocycles. The van der Waals surface area contributed by atoms with Crippen LogP contribution in [-0.4, -0.2) is 25.0 Å². The van der Waals surface area contributed by atoms with Crippen LogP contribution in [0.5, 0.6) is 0 Å². The molecule has 126 valence electrons. The molecule has 0 spiro atoms. The van der Waals surface area contributed by atoms with Crippen molar-refractivity contribution in [3.05, 3.63) is 66.1 Å². The Morgan fingerprint density at radius 1 is 1.15 bits per heavy atom. The van der Waals surface area contributed by atoms with E-state index < -0.39 is 0 Å². The first-order valence-corrected chi connectivity index (χ1v) is 7.80. The Bertz CT molecular complexity index is 1110. The molecule has 4 rings (SSSR count). The number of aromatic nitrogens is 5. The molecule has 0 unspecified atom stereocenters. The number of nitrogens with one attached hydrogen (secondary N) is 1. The van der Waals surface area contributed by atoms with Crippen molar-refractivity contribution in [1.29, 1.82) is 5.26 Å². The van der Waals surface area contributed by atoms with E-state index in [4.69, 9.17) is 5.26 Å². The molecule has 7 nitrogen and oxygen atoms in total. The number of hydrogen-bond acceptors (Lipinski definition) is 6.